The number of nitrogens with two attached hydrogens (primary N) is 1. The molecule has 0 fully saturated rings. The third kappa shape index (κ3) is 3.27. The Kier molecular flexibility index (Phi) is 2.20. The minimum Gasteiger partial charge on any atom is -0.352 e. The summed E-state index contributed by atoms with van der Waals surface area (Å²) < 4.78 is 0. The number of hydrogen-bond acceptors (Lipinski definition) is 1. The van der Waals surface area contributed by atoms with Gasteiger partial charge in [0.2, 0.25) is 0 Å². The second-order valence-electron chi connectivity index (χ2n) is 0.791. The lowest BCUT2D eigenvalue weighted by molar-refractivity contribution is 0.250. The highest BCUT2D eigenvalue weighted by atomic mass is 16.2. The molecule has 3 N–H and O–H groups in total. The van der Waals surface area contributed by atoms with Gasteiger partial charge in [-0.3, -0.25) is 0 Å². The molecule has 3 nitrogen and oxygen atoms in total. The van der Waals surface area contributed by atoms with Crippen molar-refractivity contribution in [3.63, 3.8) is 0 Å². The lowest BCUT2D eigenvalue weighted by atomic mass is 10.7. The maximum atomic E-state index is 9.67. The van der Waals surface area contributed by atoms with Crippen molar-refractivity contribution in [3.8, 4) is 0 Å². The van der Waals surface area contributed by atoms with Gasteiger partial charge in [-0.2, -0.15) is 0 Å². The number of rotatable bonds is 1. The Hall–Kier alpha value is -0.730. The Balaban J connectivity index is 2.83. The Morgan fingerprint density at radius 2 is 2.50 bits per heavy atom. The second kappa shape index (κ2) is 2.50. The summed E-state index contributed by atoms with van der Waals surface area (Å²) in [5.41, 5.74) is 4.61. The van der Waals surface area contributed by atoms with Gasteiger partial charge in [0.25, 0.3) is 0 Å². The monoisotopic (exact) mass is 87.1 g/mol. The van der Waals surface area contributed by atoms with Crippen LogP contribution in [0.4, 0.5) is 4.79 Å². The van der Waals surface area contributed by atoms with E-state index < -0.39 is 6.03 Å². The quantitative estimate of drug-likeness (QED) is 0.444. The summed E-state index contributed by atoms with van der Waals surface area (Å²) in [6.45, 7) is 3.67. The van der Waals surface area contributed by atoms with Crippen LogP contribution in [0.5, 0.6) is 0 Å². The van der Waals surface area contributed by atoms with Gasteiger partial charge in [0.15, 0.2) is 0 Å². The Morgan fingerprint density at radius 3 is 2.50 bits per heavy atom. The minimum atomic E-state index is -0.523. The van der Waals surface area contributed by atoms with E-state index in [1.807, 2.05) is 0 Å². The van der Waals surface area contributed by atoms with Gasteiger partial charge in [0.1, 0.15) is 0 Å². The molecule has 0 saturated carbocycles. The zero-order valence-corrected chi connectivity index (χ0v) is 3.40. The molecule has 0 heterocycles. The van der Waals surface area contributed by atoms with Crippen LogP contribution in [0.2, 0.25) is 0 Å². The van der Waals surface area contributed by atoms with E-state index in [-0.39, 0.29) is 0 Å². The lowest BCUT2D eigenvalue weighted by Gasteiger charge is -1.88. The second-order valence-corrected chi connectivity index (χ2v) is 0.791. The van der Waals surface area contributed by atoms with Gasteiger partial charge >= 0.3 is 6.03 Å². The summed E-state index contributed by atoms with van der Waals surface area (Å²) in [6.07, 6.45) is 0. The molecule has 2 amide bonds. The SMILES string of the molecule is [CH2]CNC(N)=O. The summed E-state index contributed by atoms with van der Waals surface area (Å²) in [5, 5.41) is 2.24. The highest BCUT2D eigenvalue weighted by Gasteiger charge is 1.79. The normalized spacial score (nSPS) is 7.50. The molecular formula is C3H7N2O. The van der Waals surface area contributed by atoms with Gasteiger partial charge in [0.05, 0.1) is 0 Å². The van der Waals surface area contributed by atoms with Crippen molar-refractivity contribution < 1.29 is 4.79 Å². The first-order valence-corrected chi connectivity index (χ1v) is 1.60. The molecular weight excluding hydrogens is 80.0 g/mol. The van der Waals surface area contributed by atoms with E-state index in [1.165, 1.54) is 0 Å². The summed E-state index contributed by atoms with van der Waals surface area (Å²) in [7, 11) is 0. The molecule has 0 bridgehead atoms. The van der Waals surface area contributed by atoms with Crippen molar-refractivity contribution in [1.29, 1.82) is 0 Å². The molecule has 0 saturated heterocycles. The lowest BCUT2D eigenvalue weighted by Crippen LogP contribution is -2.28. The van der Waals surface area contributed by atoms with Crippen LogP contribution in [0, 0.1) is 6.92 Å². The third-order valence-electron chi connectivity index (χ3n) is 0.299. The van der Waals surface area contributed by atoms with E-state index in [1.54, 1.807) is 0 Å². The molecule has 0 aliphatic rings. The van der Waals surface area contributed by atoms with E-state index in [9.17, 15) is 4.79 Å². The van der Waals surface area contributed by atoms with E-state index in [2.05, 4.69) is 18.0 Å². The first-order chi connectivity index (χ1) is 2.77. The fourth-order valence-corrected chi connectivity index (χ4v) is 0.123. The van der Waals surface area contributed by atoms with E-state index in [4.69, 9.17) is 0 Å². The van der Waals surface area contributed by atoms with Gasteiger partial charge in [-0.25, -0.2) is 4.79 Å². The minimum absolute atomic E-state index is 0.356. The first-order valence-electron chi connectivity index (χ1n) is 1.60. The summed E-state index contributed by atoms with van der Waals surface area (Å²) in [5.74, 6) is 0. The molecule has 35 valence electrons. The summed E-state index contributed by atoms with van der Waals surface area (Å²) in [4.78, 5) is 9.67. The highest BCUT2D eigenvalue weighted by molar-refractivity contribution is 5.71. The van der Waals surface area contributed by atoms with Crippen molar-refractivity contribution in [2.45, 2.75) is 0 Å². The number of amides is 2. The Labute approximate surface area is 36.5 Å². The molecule has 0 spiro atoms. The van der Waals surface area contributed by atoms with Gasteiger partial charge in [-0.15, -0.1) is 0 Å². The molecule has 0 atom stereocenters. The van der Waals surface area contributed by atoms with Gasteiger partial charge in [0, 0.05) is 6.54 Å². The van der Waals surface area contributed by atoms with Crippen LogP contribution < -0.4 is 11.1 Å². The van der Waals surface area contributed by atoms with Gasteiger partial charge < -0.3 is 11.1 Å². The molecule has 3 heteroatoms. The Bertz CT molecular complexity index is 52.8. The predicted molar refractivity (Wildman–Crippen MR) is 22.9 cm³/mol. The zero-order valence-electron chi connectivity index (χ0n) is 3.40. The molecule has 0 aromatic rings. The van der Waals surface area contributed by atoms with Crippen molar-refractivity contribution in [1.82, 2.24) is 5.32 Å². The maximum absolute atomic E-state index is 9.67. The zero-order chi connectivity index (χ0) is 4.99. The molecule has 0 unspecified atom stereocenters. The number of nitrogens with one attached hydrogen (secondary N) is 1. The number of carbonyl (C=O) groups excluding carboxylic acids is 1. The molecule has 0 rings (SSSR count). The molecule has 1 radical (unpaired) electrons. The van der Waals surface area contributed by atoms with Crippen LogP contribution in [0.3, 0.4) is 0 Å². The van der Waals surface area contributed by atoms with Crippen molar-refractivity contribution in [2.24, 2.45) is 5.73 Å². The predicted octanol–water partition coefficient (Wildman–Crippen LogP) is -0.511. The number of carbonyl (C=O) groups is 1. The average Bonchev–Trinajstić information content (AvgIpc) is 1.35. The standard InChI is InChI=1S/C3H7N2O/c1-2-5-3(4)6/h1-2H2,(H3,4,5,6). The number of hydrogen-bond donors (Lipinski definition) is 2. The fourth-order valence-electron chi connectivity index (χ4n) is 0.123. The van der Waals surface area contributed by atoms with Crippen molar-refractivity contribution >= 4 is 6.03 Å². The van der Waals surface area contributed by atoms with Crippen LogP contribution in [-0.4, -0.2) is 12.6 Å². The highest BCUT2D eigenvalue weighted by Crippen LogP contribution is 1.48. The topological polar surface area (TPSA) is 55.1 Å². The Morgan fingerprint density at radius 1 is 2.00 bits per heavy atom. The third-order valence-corrected chi connectivity index (χ3v) is 0.299. The number of primary amides is 1. The smallest absolute Gasteiger partial charge is 0.312 e. The summed E-state index contributed by atoms with van der Waals surface area (Å²) >= 11 is 0. The van der Waals surface area contributed by atoms with Crippen LogP contribution in [0.25, 0.3) is 0 Å². The molecule has 0 aliphatic heterocycles. The molecule has 6 heavy (non-hydrogen) atoms. The number of urea groups is 1. The molecule has 0 aliphatic carbocycles. The van der Waals surface area contributed by atoms with Crippen LogP contribution in [-0.2, 0) is 0 Å². The van der Waals surface area contributed by atoms with E-state index >= 15 is 0 Å². The largest absolute Gasteiger partial charge is 0.352 e. The van der Waals surface area contributed by atoms with Crippen LogP contribution in [0.1, 0.15) is 0 Å². The van der Waals surface area contributed by atoms with Crippen LogP contribution >= 0.6 is 0 Å². The maximum Gasteiger partial charge on any atom is 0.312 e. The van der Waals surface area contributed by atoms with Gasteiger partial charge in [-0.05, 0) is 6.92 Å². The average molecular weight is 87.1 g/mol. The molecule has 0 aromatic carbocycles. The molecule has 0 aromatic heterocycles. The van der Waals surface area contributed by atoms with E-state index in [0.29, 0.717) is 6.54 Å². The first kappa shape index (κ1) is 5.27. The van der Waals surface area contributed by atoms with Crippen molar-refractivity contribution in [2.75, 3.05) is 6.54 Å². The van der Waals surface area contributed by atoms with Crippen LogP contribution in [0.15, 0.2) is 0 Å². The van der Waals surface area contributed by atoms with E-state index in [0.717, 1.165) is 0 Å². The van der Waals surface area contributed by atoms with Gasteiger partial charge in [-0.1, -0.05) is 0 Å². The van der Waals surface area contributed by atoms with Crippen molar-refractivity contribution in [3.05, 3.63) is 6.92 Å². The summed E-state index contributed by atoms with van der Waals surface area (Å²) in [6, 6.07) is -0.523. The fraction of sp³-hybridized carbons (Fsp3) is 0.333.